The van der Waals surface area contributed by atoms with Gasteiger partial charge in [-0.25, -0.2) is 0 Å². The van der Waals surface area contributed by atoms with E-state index in [1.807, 2.05) is 31.2 Å². The molecule has 0 aliphatic heterocycles. The van der Waals surface area contributed by atoms with Crippen molar-refractivity contribution in [3.05, 3.63) is 24.3 Å². The topological polar surface area (TPSA) is 35.5 Å². The first-order valence-electron chi connectivity index (χ1n) is 10.1. The van der Waals surface area contributed by atoms with Gasteiger partial charge in [0.15, 0.2) is 0 Å². The van der Waals surface area contributed by atoms with Crippen molar-refractivity contribution >= 4 is 17.7 Å². The number of carbonyl (C=O) groups excluding carboxylic acids is 1. The number of methoxy groups -OCH3 is 1. The molecule has 0 saturated heterocycles. The van der Waals surface area contributed by atoms with Crippen LogP contribution in [0.25, 0.3) is 0 Å². The Balaban J connectivity index is 2.01. The Bertz CT molecular complexity index is 473. The van der Waals surface area contributed by atoms with Gasteiger partial charge < -0.3 is 9.47 Å². The molecule has 0 fully saturated rings. The van der Waals surface area contributed by atoms with Crippen LogP contribution < -0.4 is 4.74 Å². The number of benzene rings is 1. The lowest BCUT2D eigenvalue weighted by Crippen LogP contribution is -2.17. The number of thioether (sulfide) groups is 1. The largest absolute Gasteiger partial charge is 0.497 e. The van der Waals surface area contributed by atoms with Crippen molar-refractivity contribution in [1.82, 2.24) is 0 Å². The van der Waals surface area contributed by atoms with Crippen molar-refractivity contribution in [1.29, 1.82) is 0 Å². The van der Waals surface area contributed by atoms with Gasteiger partial charge in [0.25, 0.3) is 0 Å². The maximum atomic E-state index is 12.1. The zero-order chi connectivity index (χ0) is 19.0. The number of esters is 1. The van der Waals surface area contributed by atoms with Crippen LogP contribution >= 0.6 is 11.8 Å². The molecule has 0 amide bonds. The summed E-state index contributed by atoms with van der Waals surface area (Å²) in [6.07, 6.45) is 12.9. The second-order valence-electron chi connectivity index (χ2n) is 6.79. The number of unbranched alkanes of at least 4 members (excludes halogenated alkanes) is 9. The molecular weight excluding hydrogens is 344 g/mol. The van der Waals surface area contributed by atoms with Crippen molar-refractivity contribution in [2.24, 2.45) is 0 Å². The molecule has 148 valence electrons. The summed E-state index contributed by atoms with van der Waals surface area (Å²) in [6, 6.07) is 7.75. The zero-order valence-corrected chi connectivity index (χ0v) is 17.6. The van der Waals surface area contributed by atoms with Crippen molar-refractivity contribution in [2.45, 2.75) is 88.2 Å². The van der Waals surface area contributed by atoms with Crippen molar-refractivity contribution < 1.29 is 14.3 Å². The van der Waals surface area contributed by atoms with Crippen LogP contribution in [0, 0.1) is 0 Å². The van der Waals surface area contributed by atoms with E-state index in [1.54, 1.807) is 7.11 Å². The third-order valence-electron chi connectivity index (χ3n) is 4.45. The minimum atomic E-state index is -0.188. The van der Waals surface area contributed by atoms with Crippen LogP contribution in [0.1, 0.15) is 78.1 Å². The van der Waals surface area contributed by atoms with Crippen molar-refractivity contribution in [2.75, 3.05) is 13.7 Å². The summed E-state index contributed by atoms with van der Waals surface area (Å²) in [5.41, 5.74) is 0. The SMILES string of the molecule is CCCCCCCCCCCCOC(=O)C(C)Sc1ccc(OC)cc1. The molecule has 0 bridgehead atoms. The molecule has 0 spiro atoms. The Morgan fingerprint density at radius 3 is 2.00 bits per heavy atom. The predicted octanol–water partition coefficient (Wildman–Crippen LogP) is 6.64. The molecule has 0 aliphatic carbocycles. The van der Waals surface area contributed by atoms with E-state index in [1.165, 1.54) is 63.1 Å². The summed E-state index contributed by atoms with van der Waals surface area (Å²) in [6.45, 7) is 4.70. The number of ether oxygens (including phenoxy) is 2. The molecule has 3 nitrogen and oxygen atoms in total. The van der Waals surface area contributed by atoms with E-state index in [2.05, 4.69) is 6.92 Å². The number of hydrogen-bond acceptors (Lipinski definition) is 4. The molecule has 1 aromatic rings. The standard InChI is InChI=1S/C22H36O3S/c1-4-5-6-7-8-9-10-11-12-13-18-25-22(23)19(2)26-21-16-14-20(24-3)15-17-21/h14-17,19H,4-13,18H2,1-3H3. The van der Waals surface area contributed by atoms with Gasteiger partial charge in [0.05, 0.1) is 13.7 Å². The van der Waals surface area contributed by atoms with Crippen LogP contribution in [0.2, 0.25) is 0 Å². The molecular formula is C22H36O3S. The van der Waals surface area contributed by atoms with E-state index in [4.69, 9.17) is 9.47 Å². The first-order chi connectivity index (χ1) is 12.7. The van der Waals surface area contributed by atoms with Gasteiger partial charge in [0.1, 0.15) is 11.0 Å². The average molecular weight is 381 g/mol. The normalized spacial score (nSPS) is 12.0. The Kier molecular flexibility index (Phi) is 13.2. The van der Waals surface area contributed by atoms with Gasteiger partial charge in [-0.3, -0.25) is 4.79 Å². The smallest absolute Gasteiger partial charge is 0.319 e. The molecule has 0 N–H and O–H groups in total. The molecule has 1 aromatic carbocycles. The number of rotatable bonds is 15. The van der Waals surface area contributed by atoms with Gasteiger partial charge in [-0.2, -0.15) is 0 Å². The first-order valence-corrected chi connectivity index (χ1v) is 11.0. The summed E-state index contributed by atoms with van der Waals surface area (Å²) in [5, 5.41) is -0.188. The molecule has 4 heteroatoms. The van der Waals surface area contributed by atoms with Gasteiger partial charge >= 0.3 is 5.97 Å². The molecule has 0 saturated carbocycles. The third-order valence-corrected chi connectivity index (χ3v) is 5.54. The maximum Gasteiger partial charge on any atom is 0.319 e. The third kappa shape index (κ3) is 10.7. The Morgan fingerprint density at radius 2 is 1.46 bits per heavy atom. The molecule has 1 rings (SSSR count). The van der Waals surface area contributed by atoms with Crippen LogP contribution in [0.4, 0.5) is 0 Å². The first kappa shape index (κ1) is 22.9. The van der Waals surface area contributed by atoms with E-state index in [-0.39, 0.29) is 11.2 Å². The highest BCUT2D eigenvalue weighted by molar-refractivity contribution is 8.00. The highest BCUT2D eigenvalue weighted by atomic mass is 32.2. The van der Waals surface area contributed by atoms with Gasteiger partial charge in [-0.15, -0.1) is 11.8 Å². The van der Waals surface area contributed by atoms with Crippen LogP contribution in [-0.2, 0) is 9.53 Å². The minimum Gasteiger partial charge on any atom is -0.497 e. The molecule has 1 atom stereocenters. The highest BCUT2D eigenvalue weighted by Gasteiger charge is 2.15. The zero-order valence-electron chi connectivity index (χ0n) is 16.8. The average Bonchev–Trinajstić information content (AvgIpc) is 2.66. The summed E-state index contributed by atoms with van der Waals surface area (Å²) >= 11 is 1.52. The number of hydrogen-bond donors (Lipinski definition) is 0. The van der Waals surface area contributed by atoms with Gasteiger partial charge in [-0.05, 0) is 37.6 Å². The van der Waals surface area contributed by atoms with Crippen LogP contribution in [0.15, 0.2) is 29.2 Å². The lowest BCUT2D eigenvalue weighted by Gasteiger charge is -2.11. The van der Waals surface area contributed by atoms with Crippen LogP contribution in [-0.4, -0.2) is 24.9 Å². The Morgan fingerprint density at radius 1 is 0.923 bits per heavy atom. The Hall–Kier alpha value is -1.16. The van der Waals surface area contributed by atoms with Gasteiger partial charge in [0.2, 0.25) is 0 Å². The van der Waals surface area contributed by atoms with Crippen molar-refractivity contribution in [3.8, 4) is 5.75 Å². The summed E-state index contributed by atoms with van der Waals surface area (Å²) in [5.74, 6) is 0.701. The molecule has 0 heterocycles. The lowest BCUT2D eigenvalue weighted by atomic mass is 10.1. The lowest BCUT2D eigenvalue weighted by molar-refractivity contribution is -0.142. The fourth-order valence-corrected chi connectivity index (χ4v) is 3.65. The van der Waals surface area contributed by atoms with Crippen LogP contribution in [0.3, 0.4) is 0 Å². The summed E-state index contributed by atoms with van der Waals surface area (Å²) in [4.78, 5) is 13.1. The number of carbonyl (C=O) groups is 1. The molecule has 0 radical (unpaired) electrons. The summed E-state index contributed by atoms with van der Waals surface area (Å²) < 4.78 is 10.6. The second kappa shape index (κ2) is 15.0. The predicted molar refractivity (Wildman–Crippen MR) is 111 cm³/mol. The molecule has 0 aromatic heterocycles. The fraction of sp³-hybridized carbons (Fsp3) is 0.682. The van der Waals surface area contributed by atoms with E-state index >= 15 is 0 Å². The van der Waals surface area contributed by atoms with Gasteiger partial charge in [-0.1, -0.05) is 64.7 Å². The van der Waals surface area contributed by atoms with E-state index < -0.39 is 0 Å². The summed E-state index contributed by atoms with van der Waals surface area (Å²) in [7, 11) is 1.65. The van der Waals surface area contributed by atoms with Crippen LogP contribution in [0.5, 0.6) is 5.75 Å². The van der Waals surface area contributed by atoms with Crippen molar-refractivity contribution in [3.63, 3.8) is 0 Å². The van der Waals surface area contributed by atoms with Gasteiger partial charge in [0, 0.05) is 4.90 Å². The Labute approximate surface area is 164 Å². The van der Waals surface area contributed by atoms with E-state index in [9.17, 15) is 4.79 Å². The molecule has 1 unspecified atom stereocenters. The fourth-order valence-electron chi connectivity index (χ4n) is 2.79. The monoisotopic (exact) mass is 380 g/mol. The second-order valence-corrected chi connectivity index (χ2v) is 8.20. The minimum absolute atomic E-state index is 0.123. The molecule has 26 heavy (non-hydrogen) atoms. The van der Waals surface area contributed by atoms with E-state index in [0.717, 1.165) is 23.5 Å². The molecule has 0 aliphatic rings. The quantitative estimate of drug-likeness (QED) is 0.194. The highest BCUT2D eigenvalue weighted by Crippen LogP contribution is 2.26. The maximum absolute atomic E-state index is 12.1. The van der Waals surface area contributed by atoms with E-state index in [0.29, 0.717) is 6.61 Å².